The van der Waals surface area contributed by atoms with Crippen LogP contribution in [0.15, 0.2) is 24.4 Å². The highest BCUT2D eigenvalue weighted by Crippen LogP contribution is 2.35. The van der Waals surface area contributed by atoms with Crippen LogP contribution in [-0.2, 0) is 0 Å². The number of nitrogens with one attached hydrogen (secondary N) is 1. The number of aromatic nitrogens is 1. The average Bonchev–Trinajstić information content (AvgIpc) is 2.80. The smallest absolute Gasteiger partial charge is 0.119 e. The molecule has 0 aliphatic carbocycles. The second-order valence-corrected chi connectivity index (χ2v) is 5.28. The molecule has 0 saturated carbocycles. The van der Waals surface area contributed by atoms with Crippen molar-refractivity contribution in [2.45, 2.75) is 19.9 Å². The van der Waals surface area contributed by atoms with Gasteiger partial charge >= 0.3 is 0 Å². The van der Waals surface area contributed by atoms with E-state index in [9.17, 15) is 5.11 Å². The predicted octanol–water partition coefficient (Wildman–Crippen LogP) is 2.19. The number of hydrogen-bond acceptors (Lipinski definition) is 3. The maximum atomic E-state index is 9.42. The number of fused-ring (bicyclic) bond motifs is 1. The zero-order valence-electron chi connectivity index (χ0n) is 11.0. The number of aliphatic hydroxyl groups is 1. The lowest BCUT2D eigenvalue weighted by Gasteiger charge is -2.29. The summed E-state index contributed by atoms with van der Waals surface area (Å²) < 4.78 is 5.23. The summed E-state index contributed by atoms with van der Waals surface area (Å²) in [5.41, 5.74) is 7.93. The van der Waals surface area contributed by atoms with E-state index in [0.29, 0.717) is 0 Å². The van der Waals surface area contributed by atoms with Crippen molar-refractivity contribution < 1.29 is 9.84 Å². The van der Waals surface area contributed by atoms with Crippen LogP contribution in [0.4, 0.5) is 0 Å². The summed E-state index contributed by atoms with van der Waals surface area (Å²) in [7, 11) is 1.64. The van der Waals surface area contributed by atoms with Gasteiger partial charge in [0.1, 0.15) is 5.75 Å². The third-order valence-corrected chi connectivity index (χ3v) is 3.51. The fourth-order valence-electron chi connectivity index (χ4n) is 2.02. The molecule has 1 aromatic heterocycles. The molecule has 2 rings (SSSR count). The zero-order valence-corrected chi connectivity index (χ0v) is 11.0. The van der Waals surface area contributed by atoms with Crippen LogP contribution in [0, 0.1) is 5.41 Å². The molecule has 98 valence electrons. The third-order valence-electron chi connectivity index (χ3n) is 3.51. The molecule has 0 fully saturated rings. The molecule has 0 amide bonds. The van der Waals surface area contributed by atoms with Gasteiger partial charge in [0.25, 0.3) is 0 Å². The summed E-state index contributed by atoms with van der Waals surface area (Å²) in [6.07, 6.45) is 1.91. The Labute approximate surface area is 107 Å². The van der Waals surface area contributed by atoms with Gasteiger partial charge in [0.15, 0.2) is 0 Å². The van der Waals surface area contributed by atoms with E-state index in [0.717, 1.165) is 22.2 Å². The van der Waals surface area contributed by atoms with Gasteiger partial charge in [0, 0.05) is 35.2 Å². The Hall–Kier alpha value is -1.52. The van der Waals surface area contributed by atoms with Crippen molar-refractivity contribution in [2.24, 2.45) is 11.1 Å². The SMILES string of the molecule is COc1ccc2[nH]cc([C@H](N)C(C)(C)CO)c2c1. The summed E-state index contributed by atoms with van der Waals surface area (Å²) in [5.74, 6) is 0.803. The van der Waals surface area contributed by atoms with E-state index in [1.807, 2.05) is 38.2 Å². The van der Waals surface area contributed by atoms with E-state index in [1.54, 1.807) is 7.11 Å². The minimum absolute atomic E-state index is 0.0464. The third kappa shape index (κ3) is 2.09. The highest BCUT2D eigenvalue weighted by molar-refractivity contribution is 5.85. The number of H-pyrrole nitrogens is 1. The fourth-order valence-corrected chi connectivity index (χ4v) is 2.02. The van der Waals surface area contributed by atoms with Gasteiger partial charge in [-0.2, -0.15) is 0 Å². The van der Waals surface area contributed by atoms with Crippen LogP contribution in [0.25, 0.3) is 10.9 Å². The van der Waals surface area contributed by atoms with Gasteiger partial charge in [-0.1, -0.05) is 13.8 Å². The van der Waals surface area contributed by atoms with Gasteiger partial charge < -0.3 is 20.6 Å². The number of hydrogen-bond donors (Lipinski definition) is 3. The Balaban J connectivity index is 2.51. The number of rotatable bonds is 4. The Morgan fingerprint density at radius 1 is 1.44 bits per heavy atom. The molecule has 1 aromatic carbocycles. The highest BCUT2D eigenvalue weighted by atomic mass is 16.5. The Kier molecular flexibility index (Phi) is 3.32. The van der Waals surface area contributed by atoms with E-state index in [4.69, 9.17) is 10.5 Å². The number of nitrogens with two attached hydrogens (primary N) is 1. The number of aliphatic hydroxyl groups excluding tert-OH is 1. The molecule has 0 radical (unpaired) electrons. The summed E-state index contributed by atoms with van der Waals surface area (Å²) in [6.45, 7) is 3.96. The molecule has 0 saturated heterocycles. The van der Waals surface area contributed by atoms with Crippen LogP contribution < -0.4 is 10.5 Å². The van der Waals surface area contributed by atoms with Crippen molar-refractivity contribution in [3.05, 3.63) is 30.0 Å². The van der Waals surface area contributed by atoms with Gasteiger partial charge in [-0.05, 0) is 23.8 Å². The predicted molar refractivity (Wildman–Crippen MR) is 72.6 cm³/mol. The topological polar surface area (TPSA) is 71.3 Å². The molecule has 4 heteroatoms. The largest absolute Gasteiger partial charge is 0.497 e. The maximum Gasteiger partial charge on any atom is 0.119 e. The molecule has 4 N–H and O–H groups in total. The summed E-state index contributed by atoms with van der Waals surface area (Å²) in [5, 5.41) is 10.5. The van der Waals surface area contributed by atoms with Crippen LogP contribution in [0.3, 0.4) is 0 Å². The van der Waals surface area contributed by atoms with Gasteiger partial charge in [0.2, 0.25) is 0 Å². The normalized spacial score (nSPS) is 13.8. The van der Waals surface area contributed by atoms with Crippen LogP contribution in [-0.4, -0.2) is 23.8 Å². The standard InChI is InChI=1S/C14H20N2O2/c1-14(2,8-17)13(15)11-7-16-12-5-4-9(18-3)6-10(11)12/h4-7,13,16-17H,8,15H2,1-3H3/t13-/m0/s1. The number of ether oxygens (including phenoxy) is 1. The first kappa shape index (κ1) is 12.9. The first-order chi connectivity index (χ1) is 8.49. The average molecular weight is 248 g/mol. The van der Waals surface area contributed by atoms with Crippen LogP contribution in [0.2, 0.25) is 0 Å². The van der Waals surface area contributed by atoms with Crippen molar-refractivity contribution >= 4 is 10.9 Å². The Morgan fingerprint density at radius 2 is 2.17 bits per heavy atom. The maximum absolute atomic E-state index is 9.42. The summed E-state index contributed by atoms with van der Waals surface area (Å²) in [4.78, 5) is 3.20. The van der Waals surface area contributed by atoms with Crippen molar-refractivity contribution in [3.8, 4) is 5.75 Å². The van der Waals surface area contributed by atoms with E-state index in [1.165, 1.54) is 0 Å². The lowest BCUT2D eigenvalue weighted by Crippen LogP contribution is -2.32. The molecule has 0 unspecified atom stereocenters. The summed E-state index contributed by atoms with van der Waals surface area (Å²) in [6, 6.07) is 5.61. The van der Waals surface area contributed by atoms with E-state index < -0.39 is 0 Å². The second kappa shape index (κ2) is 4.63. The van der Waals surface area contributed by atoms with Crippen LogP contribution >= 0.6 is 0 Å². The van der Waals surface area contributed by atoms with E-state index in [-0.39, 0.29) is 18.1 Å². The highest BCUT2D eigenvalue weighted by Gasteiger charge is 2.28. The number of benzene rings is 1. The molecule has 0 aliphatic heterocycles. The van der Waals surface area contributed by atoms with Crippen LogP contribution in [0.5, 0.6) is 5.75 Å². The molecule has 18 heavy (non-hydrogen) atoms. The quantitative estimate of drug-likeness (QED) is 0.776. The zero-order chi connectivity index (χ0) is 13.3. The minimum Gasteiger partial charge on any atom is -0.497 e. The molecule has 0 aliphatic rings. The summed E-state index contributed by atoms with van der Waals surface area (Å²) >= 11 is 0. The van der Waals surface area contributed by atoms with Gasteiger partial charge in [-0.15, -0.1) is 0 Å². The van der Waals surface area contributed by atoms with Crippen molar-refractivity contribution in [3.63, 3.8) is 0 Å². The monoisotopic (exact) mass is 248 g/mol. The van der Waals surface area contributed by atoms with E-state index >= 15 is 0 Å². The molecule has 0 bridgehead atoms. The van der Waals surface area contributed by atoms with Crippen molar-refractivity contribution in [1.29, 1.82) is 0 Å². The van der Waals surface area contributed by atoms with Crippen LogP contribution in [0.1, 0.15) is 25.5 Å². The van der Waals surface area contributed by atoms with Gasteiger partial charge in [0.05, 0.1) is 7.11 Å². The molecule has 0 spiro atoms. The first-order valence-electron chi connectivity index (χ1n) is 6.01. The second-order valence-electron chi connectivity index (χ2n) is 5.28. The van der Waals surface area contributed by atoms with Gasteiger partial charge in [-0.25, -0.2) is 0 Å². The molecule has 2 aromatic rings. The minimum atomic E-state index is -0.363. The lowest BCUT2D eigenvalue weighted by atomic mass is 9.82. The fraction of sp³-hybridized carbons (Fsp3) is 0.429. The Bertz CT molecular complexity index is 546. The molecule has 1 atom stereocenters. The molecular weight excluding hydrogens is 228 g/mol. The molecule has 1 heterocycles. The van der Waals surface area contributed by atoms with Crippen molar-refractivity contribution in [1.82, 2.24) is 4.98 Å². The van der Waals surface area contributed by atoms with E-state index in [2.05, 4.69) is 4.98 Å². The van der Waals surface area contributed by atoms with Crippen molar-refractivity contribution in [2.75, 3.05) is 13.7 Å². The number of methoxy groups -OCH3 is 1. The molecular formula is C14H20N2O2. The number of aromatic amines is 1. The Morgan fingerprint density at radius 3 is 2.78 bits per heavy atom. The first-order valence-corrected chi connectivity index (χ1v) is 6.01. The molecule has 4 nitrogen and oxygen atoms in total. The lowest BCUT2D eigenvalue weighted by molar-refractivity contribution is 0.133. The van der Waals surface area contributed by atoms with Gasteiger partial charge in [-0.3, -0.25) is 0 Å².